The standard InChI is InChI=1S/C27H32O4.C22H22O2.C6H14O2/c1-29-25-16-12-23(13-17-25)27(22-10-6-5-7-11-22,31-21-9-4-3-8-20-28)24-14-18-26(30-2)19-15-24;1-22(17-7-5-4-6-8-17,18-9-13-20(23-2)14-10-18)19-11-15-21(24-3)16-12-19;7-5-3-1-2-4-6-8/h5-7,10-19,28H,3-4,8-9,20-21H2,1-2H3;4-16H,1-3H3;7-8H,1-6H2. The summed E-state index contributed by atoms with van der Waals surface area (Å²) in [5.41, 5.74) is 5.84. The van der Waals surface area contributed by atoms with Crippen LogP contribution in [0.4, 0.5) is 0 Å². The Morgan fingerprint density at radius 2 is 0.603 bits per heavy atom. The van der Waals surface area contributed by atoms with Crippen LogP contribution in [-0.4, -0.2) is 70.2 Å². The van der Waals surface area contributed by atoms with E-state index in [1.807, 2.05) is 72.8 Å². The molecule has 3 N–H and O–H groups in total. The monoisotopic (exact) mass is 856 g/mol. The maximum atomic E-state index is 9.03. The second-order valence-corrected chi connectivity index (χ2v) is 15.3. The lowest BCUT2D eigenvalue weighted by Crippen LogP contribution is -2.33. The van der Waals surface area contributed by atoms with E-state index in [2.05, 4.69) is 91.9 Å². The number of benzene rings is 6. The van der Waals surface area contributed by atoms with Crippen LogP contribution in [0.2, 0.25) is 0 Å². The maximum absolute atomic E-state index is 9.03. The van der Waals surface area contributed by atoms with Crippen molar-refractivity contribution in [3.05, 3.63) is 191 Å². The van der Waals surface area contributed by atoms with Gasteiger partial charge in [-0.05, 0) is 115 Å². The van der Waals surface area contributed by atoms with Gasteiger partial charge in [0, 0.05) is 31.8 Å². The summed E-state index contributed by atoms with van der Waals surface area (Å²) >= 11 is 0. The number of hydrogen-bond donors (Lipinski definition) is 3. The molecule has 6 aromatic rings. The Kier molecular flexibility index (Phi) is 21.8. The van der Waals surface area contributed by atoms with E-state index in [4.69, 9.17) is 39.0 Å². The van der Waals surface area contributed by atoms with Crippen molar-refractivity contribution < 1.29 is 39.0 Å². The number of rotatable bonds is 22. The van der Waals surface area contributed by atoms with Gasteiger partial charge in [-0.25, -0.2) is 0 Å². The van der Waals surface area contributed by atoms with Crippen LogP contribution in [-0.2, 0) is 15.8 Å². The van der Waals surface area contributed by atoms with Crippen LogP contribution in [0.3, 0.4) is 0 Å². The number of hydrogen-bond acceptors (Lipinski definition) is 8. The minimum absolute atomic E-state index is 0.243. The molecule has 0 bridgehead atoms. The first-order valence-corrected chi connectivity index (χ1v) is 22.0. The van der Waals surface area contributed by atoms with Gasteiger partial charge in [-0.1, -0.05) is 135 Å². The molecule has 0 amide bonds. The molecule has 0 fully saturated rings. The predicted octanol–water partition coefficient (Wildman–Crippen LogP) is 11.2. The van der Waals surface area contributed by atoms with Crippen molar-refractivity contribution in [2.45, 2.75) is 69.3 Å². The third-order valence-electron chi connectivity index (χ3n) is 11.3. The van der Waals surface area contributed by atoms with Crippen molar-refractivity contribution in [1.82, 2.24) is 0 Å². The summed E-state index contributed by atoms with van der Waals surface area (Å²) in [5.74, 6) is 3.35. The van der Waals surface area contributed by atoms with E-state index in [0.29, 0.717) is 6.61 Å². The number of methoxy groups -OCH3 is 4. The number of aliphatic hydroxyl groups is 3. The van der Waals surface area contributed by atoms with Gasteiger partial charge in [0.2, 0.25) is 0 Å². The van der Waals surface area contributed by atoms with Crippen molar-refractivity contribution in [2.75, 3.05) is 54.9 Å². The van der Waals surface area contributed by atoms with Gasteiger partial charge >= 0.3 is 0 Å². The maximum Gasteiger partial charge on any atom is 0.143 e. The van der Waals surface area contributed by atoms with Crippen LogP contribution in [0.1, 0.15) is 91.7 Å². The fourth-order valence-electron chi connectivity index (χ4n) is 7.56. The number of unbranched alkanes of at least 4 members (excludes halogenated alkanes) is 6. The molecule has 8 nitrogen and oxygen atoms in total. The molecule has 6 rings (SSSR count). The van der Waals surface area contributed by atoms with Crippen LogP contribution in [0.25, 0.3) is 0 Å². The van der Waals surface area contributed by atoms with Gasteiger partial charge in [-0.15, -0.1) is 0 Å². The summed E-state index contributed by atoms with van der Waals surface area (Å²) in [6.07, 6.45) is 7.62. The minimum Gasteiger partial charge on any atom is -0.497 e. The molecule has 0 aliphatic carbocycles. The molecule has 8 heteroatoms. The quantitative estimate of drug-likeness (QED) is 0.0458. The first-order valence-electron chi connectivity index (χ1n) is 22.0. The van der Waals surface area contributed by atoms with Gasteiger partial charge in [-0.2, -0.15) is 0 Å². The van der Waals surface area contributed by atoms with E-state index in [1.54, 1.807) is 28.4 Å². The summed E-state index contributed by atoms with van der Waals surface area (Å²) in [6.45, 7) is 3.67. The van der Waals surface area contributed by atoms with E-state index in [0.717, 1.165) is 91.1 Å². The molecule has 0 aromatic heterocycles. The molecule has 0 saturated carbocycles. The Bertz CT molecular complexity index is 1970. The molecular formula is C55H68O8. The zero-order chi connectivity index (χ0) is 45.2. The van der Waals surface area contributed by atoms with Crippen molar-refractivity contribution in [3.8, 4) is 23.0 Å². The normalized spacial score (nSPS) is 11.0. The number of ether oxygens (including phenoxy) is 5. The highest BCUT2D eigenvalue weighted by atomic mass is 16.5. The van der Waals surface area contributed by atoms with Crippen LogP contribution in [0, 0.1) is 0 Å². The largest absolute Gasteiger partial charge is 0.497 e. The van der Waals surface area contributed by atoms with E-state index < -0.39 is 5.60 Å². The highest BCUT2D eigenvalue weighted by molar-refractivity contribution is 5.52. The molecule has 0 unspecified atom stereocenters. The third-order valence-corrected chi connectivity index (χ3v) is 11.3. The first-order chi connectivity index (χ1) is 30.8. The smallest absolute Gasteiger partial charge is 0.143 e. The van der Waals surface area contributed by atoms with E-state index >= 15 is 0 Å². The first kappa shape index (κ1) is 50.0. The van der Waals surface area contributed by atoms with Crippen molar-refractivity contribution in [1.29, 1.82) is 0 Å². The van der Waals surface area contributed by atoms with Crippen LogP contribution in [0.5, 0.6) is 23.0 Å². The Labute approximate surface area is 376 Å². The summed E-state index contributed by atoms with van der Waals surface area (Å²) < 4.78 is 28.1. The zero-order valence-corrected chi connectivity index (χ0v) is 37.9. The van der Waals surface area contributed by atoms with Crippen molar-refractivity contribution in [3.63, 3.8) is 0 Å². The molecule has 6 aromatic carbocycles. The molecule has 0 saturated heterocycles. The summed E-state index contributed by atoms with van der Waals surface area (Å²) in [7, 11) is 6.72. The molecule has 0 radical (unpaired) electrons. The topological polar surface area (TPSA) is 107 Å². The lowest BCUT2D eigenvalue weighted by Gasteiger charge is -2.36. The van der Waals surface area contributed by atoms with Gasteiger partial charge in [0.05, 0.1) is 28.4 Å². The molecule has 0 spiro atoms. The minimum atomic E-state index is -0.753. The van der Waals surface area contributed by atoms with Gasteiger partial charge in [-0.3, -0.25) is 0 Å². The molecule has 336 valence electrons. The zero-order valence-electron chi connectivity index (χ0n) is 37.9. The van der Waals surface area contributed by atoms with Gasteiger partial charge in [0.1, 0.15) is 28.6 Å². The molecule has 0 aliphatic rings. The average molecular weight is 857 g/mol. The van der Waals surface area contributed by atoms with E-state index in [1.165, 1.54) is 16.7 Å². The number of aliphatic hydroxyl groups excluding tert-OH is 3. The third kappa shape index (κ3) is 14.2. The fourth-order valence-corrected chi connectivity index (χ4v) is 7.56. The van der Waals surface area contributed by atoms with Crippen molar-refractivity contribution in [2.24, 2.45) is 0 Å². The summed E-state index contributed by atoms with van der Waals surface area (Å²) in [5, 5.41) is 25.6. The molecule has 0 heterocycles. The lowest BCUT2D eigenvalue weighted by molar-refractivity contribution is 0.0105. The molecule has 0 atom stereocenters. The van der Waals surface area contributed by atoms with E-state index in [-0.39, 0.29) is 25.2 Å². The average Bonchev–Trinajstić information content (AvgIpc) is 3.36. The predicted molar refractivity (Wildman–Crippen MR) is 254 cm³/mol. The van der Waals surface area contributed by atoms with Crippen LogP contribution >= 0.6 is 0 Å². The second-order valence-electron chi connectivity index (χ2n) is 15.3. The molecular weight excluding hydrogens is 789 g/mol. The van der Waals surface area contributed by atoms with Gasteiger partial charge in [0.15, 0.2) is 0 Å². The highest BCUT2D eigenvalue weighted by Crippen LogP contribution is 2.42. The Morgan fingerprint density at radius 1 is 0.333 bits per heavy atom. The molecule has 0 aliphatic heterocycles. The van der Waals surface area contributed by atoms with Crippen molar-refractivity contribution >= 4 is 0 Å². The summed E-state index contributed by atoms with van der Waals surface area (Å²) in [4.78, 5) is 0. The SMILES string of the molecule is COc1ccc(C(C)(c2ccccc2)c2ccc(OC)cc2)cc1.COc1ccc(C(OCCCCCCO)(c2ccccc2)c2ccc(OC)cc2)cc1.OCCCCCCO. The summed E-state index contributed by atoms with van der Waals surface area (Å²) in [6, 6.07) is 53.7. The molecule has 63 heavy (non-hydrogen) atoms. The van der Waals surface area contributed by atoms with Crippen LogP contribution < -0.4 is 18.9 Å². The highest BCUT2D eigenvalue weighted by Gasteiger charge is 2.38. The Hall–Kier alpha value is -5.64. The van der Waals surface area contributed by atoms with Gasteiger partial charge < -0.3 is 39.0 Å². The van der Waals surface area contributed by atoms with Gasteiger partial charge in [0.25, 0.3) is 0 Å². The Morgan fingerprint density at radius 3 is 0.921 bits per heavy atom. The van der Waals surface area contributed by atoms with Crippen LogP contribution in [0.15, 0.2) is 158 Å². The second kappa shape index (κ2) is 27.4. The van der Waals surface area contributed by atoms with E-state index in [9.17, 15) is 0 Å². The lowest BCUT2D eigenvalue weighted by atomic mass is 9.71. The fraction of sp³-hybridized carbons (Fsp3) is 0.345. The Balaban J connectivity index is 0.000000241.